The van der Waals surface area contributed by atoms with Crippen molar-refractivity contribution in [3.05, 3.63) is 54.1 Å². The topological polar surface area (TPSA) is 61.4 Å². The Labute approximate surface area is 142 Å². The van der Waals surface area contributed by atoms with Crippen LogP contribution in [0.25, 0.3) is 0 Å². The molecule has 1 aromatic carbocycles. The van der Waals surface area contributed by atoms with Crippen molar-refractivity contribution in [3.63, 3.8) is 0 Å². The van der Waals surface area contributed by atoms with Gasteiger partial charge < -0.3 is 10.2 Å². The van der Waals surface area contributed by atoms with Crippen molar-refractivity contribution in [1.29, 1.82) is 0 Å². The van der Waals surface area contributed by atoms with Gasteiger partial charge in [0.25, 0.3) is 5.91 Å². The van der Waals surface area contributed by atoms with Crippen molar-refractivity contribution in [1.82, 2.24) is 20.2 Å². The van der Waals surface area contributed by atoms with Crippen LogP contribution in [-0.4, -0.2) is 60.0 Å². The number of anilines is 1. The van der Waals surface area contributed by atoms with Gasteiger partial charge in [-0.2, -0.15) is 0 Å². The van der Waals surface area contributed by atoms with E-state index in [-0.39, 0.29) is 5.91 Å². The largest absolute Gasteiger partial charge is 0.369 e. The SMILES string of the molecule is Cc1nccc(C(=O)NCCN2CCN(c3ccccc3)CC2)n1. The van der Waals surface area contributed by atoms with Crippen molar-refractivity contribution in [3.8, 4) is 0 Å². The number of carbonyl (C=O) groups excluding carboxylic acids is 1. The van der Waals surface area contributed by atoms with Crippen LogP contribution in [0.5, 0.6) is 0 Å². The third-order valence-electron chi connectivity index (χ3n) is 4.22. The van der Waals surface area contributed by atoms with E-state index in [1.54, 1.807) is 19.2 Å². The standard InChI is InChI=1S/C18H23N5O/c1-15-19-8-7-17(21-15)18(24)20-9-10-22-11-13-23(14-12-22)16-5-3-2-4-6-16/h2-8H,9-14H2,1H3,(H,20,24). The van der Waals surface area contributed by atoms with Crippen LogP contribution in [-0.2, 0) is 0 Å². The number of benzene rings is 1. The Hall–Kier alpha value is -2.47. The molecule has 2 aromatic rings. The number of rotatable bonds is 5. The highest BCUT2D eigenvalue weighted by Gasteiger charge is 2.17. The first-order chi connectivity index (χ1) is 11.7. The molecule has 0 radical (unpaired) electrons. The third-order valence-corrected chi connectivity index (χ3v) is 4.22. The van der Waals surface area contributed by atoms with Crippen molar-refractivity contribution < 1.29 is 4.79 Å². The number of aromatic nitrogens is 2. The summed E-state index contributed by atoms with van der Waals surface area (Å²) >= 11 is 0. The van der Waals surface area contributed by atoms with Gasteiger partial charge in [0.2, 0.25) is 0 Å². The van der Waals surface area contributed by atoms with E-state index in [0.29, 0.717) is 18.1 Å². The average Bonchev–Trinajstić information content (AvgIpc) is 2.63. The Morgan fingerprint density at radius 3 is 2.58 bits per heavy atom. The summed E-state index contributed by atoms with van der Waals surface area (Å²) in [4.78, 5) is 25.0. The lowest BCUT2D eigenvalue weighted by Crippen LogP contribution is -2.48. The van der Waals surface area contributed by atoms with Crippen molar-refractivity contribution in [2.45, 2.75) is 6.92 Å². The Bertz CT molecular complexity index is 668. The fourth-order valence-electron chi connectivity index (χ4n) is 2.87. The Balaban J connectivity index is 1.40. The molecular formula is C18H23N5O. The zero-order valence-electron chi connectivity index (χ0n) is 14.0. The molecular weight excluding hydrogens is 302 g/mol. The van der Waals surface area contributed by atoms with E-state index >= 15 is 0 Å². The number of aryl methyl sites for hydroxylation is 1. The number of para-hydroxylation sites is 1. The Morgan fingerprint density at radius 1 is 1.12 bits per heavy atom. The molecule has 3 rings (SSSR count). The number of carbonyl (C=O) groups is 1. The molecule has 24 heavy (non-hydrogen) atoms. The lowest BCUT2D eigenvalue weighted by molar-refractivity contribution is 0.0942. The highest BCUT2D eigenvalue weighted by atomic mass is 16.1. The van der Waals surface area contributed by atoms with Crippen LogP contribution >= 0.6 is 0 Å². The van der Waals surface area contributed by atoms with Gasteiger partial charge in [-0.25, -0.2) is 9.97 Å². The lowest BCUT2D eigenvalue weighted by atomic mass is 10.2. The molecule has 0 unspecified atom stereocenters. The summed E-state index contributed by atoms with van der Waals surface area (Å²) in [5, 5.41) is 2.93. The Morgan fingerprint density at radius 2 is 1.88 bits per heavy atom. The lowest BCUT2D eigenvalue weighted by Gasteiger charge is -2.36. The average molecular weight is 325 g/mol. The van der Waals surface area contributed by atoms with Gasteiger partial charge >= 0.3 is 0 Å². The van der Waals surface area contributed by atoms with E-state index in [1.165, 1.54) is 5.69 Å². The monoisotopic (exact) mass is 325 g/mol. The van der Waals surface area contributed by atoms with Crippen LogP contribution < -0.4 is 10.2 Å². The van der Waals surface area contributed by atoms with E-state index < -0.39 is 0 Å². The molecule has 1 aliphatic rings. The summed E-state index contributed by atoms with van der Waals surface area (Å²) in [6, 6.07) is 12.1. The van der Waals surface area contributed by atoms with Gasteiger partial charge in [0.15, 0.2) is 0 Å². The quantitative estimate of drug-likeness (QED) is 0.899. The number of piperazine rings is 1. The van der Waals surface area contributed by atoms with E-state index in [9.17, 15) is 4.79 Å². The minimum absolute atomic E-state index is 0.136. The fourth-order valence-corrected chi connectivity index (χ4v) is 2.87. The van der Waals surface area contributed by atoms with Gasteiger partial charge in [-0.3, -0.25) is 9.69 Å². The normalized spacial score (nSPS) is 15.3. The van der Waals surface area contributed by atoms with Gasteiger partial charge in [0, 0.05) is 51.2 Å². The van der Waals surface area contributed by atoms with Gasteiger partial charge in [-0.15, -0.1) is 0 Å². The minimum atomic E-state index is -0.136. The van der Waals surface area contributed by atoms with Gasteiger partial charge in [0.05, 0.1) is 0 Å². The first kappa shape index (κ1) is 16.4. The third kappa shape index (κ3) is 4.29. The van der Waals surface area contributed by atoms with Gasteiger partial charge in [-0.1, -0.05) is 18.2 Å². The predicted octanol–water partition coefficient (Wildman–Crippen LogP) is 1.34. The molecule has 1 aliphatic heterocycles. The van der Waals surface area contributed by atoms with Crippen LogP contribution in [0, 0.1) is 6.92 Å². The summed E-state index contributed by atoms with van der Waals surface area (Å²) in [5.41, 5.74) is 1.71. The van der Waals surface area contributed by atoms with Crippen LogP contribution in [0.4, 0.5) is 5.69 Å². The second kappa shape index (κ2) is 7.88. The molecule has 0 aliphatic carbocycles. The number of hydrogen-bond acceptors (Lipinski definition) is 5. The summed E-state index contributed by atoms with van der Waals surface area (Å²) in [7, 11) is 0. The second-order valence-electron chi connectivity index (χ2n) is 5.91. The molecule has 126 valence electrons. The van der Waals surface area contributed by atoms with Gasteiger partial charge in [-0.05, 0) is 25.1 Å². The fraction of sp³-hybridized carbons (Fsp3) is 0.389. The molecule has 0 bridgehead atoms. The summed E-state index contributed by atoms with van der Waals surface area (Å²) in [5.74, 6) is 0.475. The molecule has 1 fully saturated rings. The van der Waals surface area contributed by atoms with Crippen LogP contribution in [0.2, 0.25) is 0 Å². The molecule has 1 aromatic heterocycles. The molecule has 2 heterocycles. The number of hydrogen-bond donors (Lipinski definition) is 1. The molecule has 0 spiro atoms. The van der Waals surface area contributed by atoms with Crippen LogP contribution in [0.1, 0.15) is 16.3 Å². The van der Waals surface area contributed by atoms with E-state index in [2.05, 4.69) is 49.4 Å². The maximum absolute atomic E-state index is 12.0. The first-order valence-electron chi connectivity index (χ1n) is 8.32. The molecule has 6 nitrogen and oxygen atoms in total. The van der Waals surface area contributed by atoms with E-state index in [0.717, 1.165) is 32.7 Å². The smallest absolute Gasteiger partial charge is 0.270 e. The number of amides is 1. The molecule has 6 heteroatoms. The van der Waals surface area contributed by atoms with Crippen molar-refractivity contribution in [2.24, 2.45) is 0 Å². The second-order valence-corrected chi connectivity index (χ2v) is 5.91. The van der Waals surface area contributed by atoms with Crippen molar-refractivity contribution in [2.75, 3.05) is 44.2 Å². The Kier molecular flexibility index (Phi) is 5.38. The number of nitrogens with one attached hydrogen (secondary N) is 1. The molecule has 1 amide bonds. The first-order valence-corrected chi connectivity index (χ1v) is 8.32. The summed E-state index contributed by atoms with van der Waals surface area (Å²) in [6.07, 6.45) is 1.61. The van der Waals surface area contributed by atoms with Crippen LogP contribution in [0.3, 0.4) is 0 Å². The van der Waals surface area contributed by atoms with Crippen LogP contribution in [0.15, 0.2) is 42.6 Å². The summed E-state index contributed by atoms with van der Waals surface area (Å²) < 4.78 is 0. The predicted molar refractivity (Wildman–Crippen MR) is 94.2 cm³/mol. The number of nitrogens with zero attached hydrogens (tertiary/aromatic N) is 4. The zero-order chi connectivity index (χ0) is 16.8. The maximum atomic E-state index is 12.0. The molecule has 0 saturated carbocycles. The van der Waals surface area contributed by atoms with E-state index in [1.807, 2.05) is 6.07 Å². The zero-order valence-corrected chi connectivity index (χ0v) is 14.0. The van der Waals surface area contributed by atoms with Crippen molar-refractivity contribution >= 4 is 11.6 Å². The molecule has 0 atom stereocenters. The van der Waals surface area contributed by atoms with Gasteiger partial charge in [0.1, 0.15) is 11.5 Å². The summed E-state index contributed by atoms with van der Waals surface area (Å²) in [6.45, 7) is 7.33. The highest BCUT2D eigenvalue weighted by molar-refractivity contribution is 5.92. The molecule has 1 saturated heterocycles. The molecule has 1 N–H and O–H groups in total. The minimum Gasteiger partial charge on any atom is -0.369 e. The maximum Gasteiger partial charge on any atom is 0.270 e. The highest BCUT2D eigenvalue weighted by Crippen LogP contribution is 2.15. The van der Waals surface area contributed by atoms with E-state index in [4.69, 9.17) is 0 Å².